The van der Waals surface area contributed by atoms with Crippen molar-refractivity contribution in [2.45, 2.75) is 19.5 Å². The Hall–Kier alpha value is -4.71. The van der Waals surface area contributed by atoms with Gasteiger partial charge in [0.1, 0.15) is 11.6 Å². The summed E-state index contributed by atoms with van der Waals surface area (Å²) in [5.41, 5.74) is 6.40. The van der Waals surface area contributed by atoms with Crippen LogP contribution >= 0.6 is 0 Å². The van der Waals surface area contributed by atoms with Crippen LogP contribution in [-0.4, -0.2) is 25.4 Å². The normalized spacial score (nSPS) is 12.1. The van der Waals surface area contributed by atoms with Crippen molar-refractivity contribution in [3.63, 3.8) is 0 Å². The second kappa shape index (κ2) is 9.15. The van der Waals surface area contributed by atoms with E-state index in [2.05, 4.69) is 44.1 Å². The molecule has 2 aromatic heterocycles. The van der Waals surface area contributed by atoms with E-state index in [1.165, 1.54) is 5.56 Å². The summed E-state index contributed by atoms with van der Waals surface area (Å²) in [7, 11) is 0. The van der Waals surface area contributed by atoms with Gasteiger partial charge in [-0.3, -0.25) is 4.79 Å². The molecule has 0 radical (unpaired) electrons. The monoisotopic (exact) mass is 471 g/mol. The van der Waals surface area contributed by atoms with Gasteiger partial charge in [0.2, 0.25) is 0 Å². The molecule has 0 aliphatic carbocycles. The van der Waals surface area contributed by atoms with Crippen LogP contribution in [0.3, 0.4) is 0 Å². The number of benzene rings is 4. The van der Waals surface area contributed by atoms with Gasteiger partial charge in [0, 0.05) is 17.7 Å². The summed E-state index contributed by atoms with van der Waals surface area (Å²) in [6.07, 6.45) is 0. The topological polar surface area (TPSA) is 75.6 Å². The van der Waals surface area contributed by atoms with Crippen molar-refractivity contribution < 1.29 is 4.79 Å². The van der Waals surface area contributed by atoms with E-state index < -0.39 is 0 Å². The number of aromatic nitrogens is 4. The van der Waals surface area contributed by atoms with Crippen LogP contribution in [0.15, 0.2) is 103 Å². The van der Waals surface area contributed by atoms with Crippen LogP contribution in [0.1, 0.15) is 34.7 Å². The number of imidazole rings is 2. The first-order chi connectivity index (χ1) is 17.7. The summed E-state index contributed by atoms with van der Waals surface area (Å²) in [6.45, 7) is 2.62. The number of aromatic amines is 1. The Kier molecular flexibility index (Phi) is 5.54. The molecule has 36 heavy (non-hydrogen) atoms. The molecule has 0 aliphatic rings. The maximum Gasteiger partial charge on any atom is 0.251 e. The van der Waals surface area contributed by atoms with E-state index in [1.807, 2.05) is 85.8 Å². The smallest absolute Gasteiger partial charge is 0.251 e. The number of fused-ring (bicyclic) bond motifs is 2. The molecule has 0 bridgehead atoms. The largest absolute Gasteiger partial charge is 0.342 e. The van der Waals surface area contributed by atoms with Crippen LogP contribution in [-0.2, 0) is 6.54 Å². The molecule has 2 N–H and O–H groups in total. The van der Waals surface area contributed by atoms with Gasteiger partial charge in [-0.1, -0.05) is 72.8 Å². The van der Waals surface area contributed by atoms with Gasteiger partial charge in [0.25, 0.3) is 5.91 Å². The third kappa shape index (κ3) is 4.14. The number of para-hydroxylation sites is 2. The zero-order chi connectivity index (χ0) is 24.5. The number of nitrogens with zero attached hydrogens (tertiary/aromatic N) is 3. The maximum atomic E-state index is 13.2. The zero-order valence-corrected chi connectivity index (χ0v) is 19.8. The first-order valence-electron chi connectivity index (χ1n) is 12.0. The number of nitrogens with one attached hydrogen (secondary N) is 2. The van der Waals surface area contributed by atoms with Crippen LogP contribution in [0.4, 0.5) is 0 Å². The lowest BCUT2D eigenvalue weighted by atomic mass is 10.1. The molecule has 0 unspecified atom stereocenters. The van der Waals surface area contributed by atoms with Gasteiger partial charge in [0.15, 0.2) is 0 Å². The summed E-state index contributed by atoms with van der Waals surface area (Å²) in [5.74, 6) is 1.44. The predicted molar refractivity (Wildman–Crippen MR) is 143 cm³/mol. The van der Waals surface area contributed by atoms with E-state index in [-0.39, 0.29) is 11.9 Å². The fourth-order valence-corrected chi connectivity index (χ4v) is 4.53. The van der Waals surface area contributed by atoms with Gasteiger partial charge in [-0.05, 0) is 42.8 Å². The quantitative estimate of drug-likeness (QED) is 0.307. The van der Waals surface area contributed by atoms with Crippen LogP contribution in [0.2, 0.25) is 0 Å². The summed E-state index contributed by atoms with van der Waals surface area (Å²) in [6, 6.07) is 33.8. The van der Waals surface area contributed by atoms with Gasteiger partial charge in [-0.25, -0.2) is 9.97 Å². The van der Waals surface area contributed by atoms with E-state index >= 15 is 0 Å². The minimum atomic E-state index is -0.267. The second-order valence-electron chi connectivity index (χ2n) is 8.91. The molecular formula is C30H25N5O. The fraction of sp³-hybridized carbons (Fsp3) is 0.100. The molecule has 0 saturated carbocycles. The predicted octanol–water partition coefficient (Wildman–Crippen LogP) is 6.12. The fourth-order valence-electron chi connectivity index (χ4n) is 4.53. The highest BCUT2D eigenvalue weighted by atomic mass is 16.1. The first kappa shape index (κ1) is 21.8. The summed E-state index contributed by atoms with van der Waals surface area (Å²) in [4.78, 5) is 26.0. The van der Waals surface area contributed by atoms with Crippen molar-refractivity contribution in [3.05, 3.63) is 120 Å². The molecule has 6 heteroatoms. The van der Waals surface area contributed by atoms with Gasteiger partial charge in [-0.15, -0.1) is 0 Å². The van der Waals surface area contributed by atoms with Crippen LogP contribution in [0.5, 0.6) is 0 Å². The van der Waals surface area contributed by atoms with Crippen molar-refractivity contribution in [1.82, 2.24) is 24.8 Å². The highest BCUT2D eigenvalue weighted by Crippen LogP contribution is 2.27. The molecule has 0 aliphatic heterocycles. The average molecular weight is 472 g/mol. The molecule has 6 nitrogen and oxygen atoms in total. The molecule has 4 aromatic carbocycles. The third-order valence-electron chi connectivity index (χ3n) is 6.39. The Balaban J connectivity index is 1.33. The number of hydrogen-bond acceptors (Lipinski definition) is 3. The average Bonchev–Trinajstić information content (AvgIpc) is 3.51. The lowest BCUT2D eigenvalue weighted by Gasteiger charge is -2.12. The van der Waals surface area contributed by atoms with Crippen molar-refractivity contribution in [3.8, 4) is 11.4 Å². The Labute approximate surface area is 208 Å². The van der Waals surface area contributed by atoms with Crippen molar-refractivity contribution in [2.24, 2.45) is 0 Å². The lowest BCUT2D eigenvalue weighted by Crippen LogP contribution is -2.27. The zero-order valence-electron chi connectivity index (χ0n) is 19.8. The number of amides is 1. The minimum absolute atomic E-state index is 0.163. The van der Waals surface area contributed by atoms with E-state index in [0.717, 1.165) is 39.3 Å². The number of hydrogen-bond donors (Lipinski definition) is 2. The van der Waals surface area contributed by atoms with Gasteiger partial charge in [-0.2, -0.15) is 0 Å². The summed E-state index contributed by atoms with van der Waals surface area (Å²) < 4.78 is 2.21. The van der Waals surface area contributed by atoms with Gasteiger partial charge in [0.05, 0.1) is 28.1 Å². The van der Waals surface area contributed by atoms with Crippen molar-refractivity contribution in [2.75, 3.05) is 0 Å². The molecule has 0 fully saturated rings. The molecule has 0 saturated heterocycles. The maximum absolute atomic E-state index is 13.2. The molecule has 0 spiro atoms. The molecule has 1 atom stereocenters. The van der Waals surface area contributed by atoms with Crippen molar-refractivity contribution >= 4 is 28.0 Å². The third-order valence-corrected chi connectivity index (χ3v) is 6.39. The number of H-pyrrole nitrogens is 1. The SMILES string of the molecule is C[C@H](NC(=O)c1ccc2c(c1)nc(-c1ccccc1)n2Cc1ccccc1)c1nc2ccccc2[nH]1. The molecule has 6 aromatic rings. The minimum Gasteiger partial charge on any atom is -0.342 e. The molecule has 6 rings (SSSR count). The molecule has 2 heterocycles. The standard InChI is InChI=1S/C30H25N5O/c1-20(28-32-24-14-8-9-15-25(24)33-28)31-30(36)23-16-17-27-26(18-23)34-29(22-12-6-3-7-13-22)35(27)19-21-10-4-2-5-11-21/h2-18,20H,19H2,1H3,(H,31,36)(H,32,33)/t20-/m0/s1. The number of carbonyl (C=O) groups is 1. The van der Waals surface area contributed by atoms with Gasteiger partial charge >= 0.3 is 0 Å². The lowest BCUT2D eigenvalue weighted by molar-refractivity contribution is 0.0938. The van der Waals surface area contributed by atoms with E-state index in [4.69, 9.17) is 4.98 Å². The molecule has 176 valence electrons. The van der Waals surface area contributed by atoms with E-state index in [1.54, 1.807) is 0 Å². The highest BCUT2D eigenvalue weighted by molar-refractivity contribution is 5.98. The number of rotatable bonds is 6. The van der Waals surface area contributed by atoms with Crippen LogP contribution in [0, 0.1) is 0 Å². The van der Waals surface area contributed by atoms with E-state index in [9.17, 15) is 4.79 Å². The van der Waals surface area contributed by atoms with E-state index in [0.29, 0.717) is 12.1 Å². The Morgan fingerprint density at radius 3 is 2.36 bits per heavy atom. The van der Waals surface area contributed by atoms with Gasteiger partial charge < -0.3 is 14.9 Å². The molecule has 1 amide bonds. The Morgan fingerprint density at radius 2 is 1.58 bits per heavy atom. The van der Waals surface area contributed by atoms with Crippen LogP contribution < -0.4 is 5.32 Å². The Bertz CT molecular complexity index is 1630. The highest BCUT2D eigenvalue weighted by Gasteiger charge is 2.18. The summed E-state index contributed by atoms with van der Waals surface area (Å²) >= 11 is 0. The number of carbonyl (C=O) groups excluding carboxylic acids is 1. The van der Waals surface area contributed by atoms with Crippen LogP contribution in [0.25, 0.3) is 33.5 Å². The summed E-state index contributed by atoms with van der Waals surface area (Å²) in [5, 5.41) is 3.06. The van der Waals surface area contributed by atoms with Crippen molar-refractivity contribution in [1.29, 1.82) is 0 Å². The molecular weight excluding hydrogens is 446 g/mol. The Morgan fingerprint density at radius 1 is 0.861 bits per heavy atom. The first-order valence-corrected chi connectivity index (χ1v) is 12.0. The second-order valence-corrected chi connectivity index (χ2v) is 8.91.